The van der Waals surface area contributed by atoms with Gasteiger partial charge in [0, 0.05) is 11.7 Å². The molecule has 0 aromatic heterocycles. The average Bonchev–Trinajstić information content (AvgIpc) is 2.97. The van der Waals surface area contributed by atoms with Crippen molar-refractivity contribution in [2.24, 2.45) is 5.73 Å². The monoisotopic (exact) mass is 202 g/mol. The first-order valence-corrected chi connectivity index (χ1v) is 5.96. The number of benzene rings is 1. The van der Waals surface area contributed by atoms with Crippen molar-refractivity contribution in [3.63, 3.8) is 0 Å². The molecule has 0 saturated heterocycles. The largest absolute Gasteiger partial charge is 0.382 e. The minimum Gasteiger partial charge on any atom is -0.382 e. The molecule has 15 heavy (non-hydrogen) atoms. The molecule has 1 fully saturated rings. The molecule has 0 heterocycles. The van der Waals surface area contributed by atoms with Crippen molar-refractivity contribution in [3.05, 3.63) is 29.3 Å². The van der Waals surface area contributed by atoms with E-state index in [4.69, 9.17) is 5.73 Å². The number of nitrogens with one attached hydrogen (secondary N) is 1. The van der Waals surface area contributed by atoms with Gasteiger partial charge in [0.2, 0.25) is 0 Å². The van der Waals surface area contributed by atoms with Crippen LogP contribution in [0.25, 0.3) is 0 Å². The summed E-state index contributed by atoms with van der Waals surface area (Å²) in [5.74, 6) is 0.606. The fourth-order valence-electron chi connectivity index (χ4n) is 2.50. The molecule has 0 spiro atoms. The Morgan fingerprint density at radius 3 is 2.87 bits per heavy atom. The van der Waals surface area contributed by atoms with E-state index in [1.807, 2.05) is 0 Å². The summed E-state index contributed by atoms with van der Waals surface area (Å²) in [4.78, 5) is 0. The summed E-state index contributed by atoms with van der Waals surface area (Å²) in [5.41, 5.74) is 10.1. The van der Waals surface area contributed by atoms with E-state index < -0.39 is 0 Å². The zero-order chi connectivity index (χ0) is 10.3. The quantitative estimate of drug-likeness (QED) is 0.789. The smallest absolute Gasteiger partial charge is 0.0345 e. The molecule has 0 radical (unpaired) electrons. The minimum absolute atomic E-state index is 0.606. The summed E-state index contributed by atoms with van der Waals surface area (Å²) in [7, 11) is 0. The fourth-order valence-corrected chi connectivity index (χ4v) is 2.50. The standard InChI is InChI=1S/C13H18N2/c14-8-10-2-1-9-7-12(5-6-13(9)10)15-11-3-4-11/h5-7,10-11,15H,1-4,8,14H2. The molecule has 1 atom stereocenters. The van der Waals surface area contributed by atoms with Crippen molar-refractivity contribution < 1.29 is 0 Å². The molecular formula is C13H18N2. The Kier molecular flexibility index (Phi) is 2.17. The predicted octanol–water partition coefficient (Wildman–Crippen LogP) is 2.25. The van der Waals surface area contributed by atoms with E-state index in [0.717, 1.165) is 12.6 Å². The third-order valence-electron chi connectivity index (χ3n) is 3.58. The van der Waals surface area contributed by atoms with Crippen LogP contribution >= 0.6 is 0 Å². The highest BCUT2D eigenvalue weighted by atomic mass is 14.9. The van der Waals surface area contributed by atoms with Crippen LogP contribution in [0.4, 0.5) is 5.69 Å². The number of hydrogen-bond donors (Lipinski definition) is 2. The summed E-state index contributed by atoms with van der Waals surface area (Å²) in [6, 6.07) is 7.55. The maximum absolute atomic E-state index is 5.76. The average molecular weight is 202 g/mol. The van der Waals surface area contributed by atoms with Crippen LogP contribution in [0, 0.1) is 0 Å². The SMILES string of the molecule is NCC1CCc2cc(NC3CC3)ccc21. The number of rotatable bonds is 3. The van der Waals surface area contributed by atoms with Gasteiger partial charge in [-0.05, 0) is 61.4 Å². The van der Waals surface area contributed by atoms with Crippen LogP contribution in [0.3, 0.4) is 0 Å². The van der Waals surface area contributed by atoms with Crippen LogP contribution in [0.5, 0.6) is 0 Å². The topological polar surface area (TPSA) is 38.0 Å². The Hall–Kier alpha value is -1.02. The second kappa shape index (κ2) is 3.53. The van der Waals surface area contributed by atoms with E-state index >= 15 is 0 Å². The van der Waals surface area contributed by atoms with Crippen molar-refractivity contribution >= 4 is 5.69 Å². The first-order chi connectivity index (χ1) is 7.36. The van der Waals surface area contributed by atoms with Crippen LogP contribution in [-0.2, 0) is 6.42 Å². The summed E-state index contributed by atoms with van der Waals surface area (Å²) in [6.07, 6.45) is 5.11. The zero-order valence-corrected chi connectivity index (χ0v) is 9.00. The third kappa shape index (κ3) is 1.74. The molecule has 1 unspecified atom stereocenters. The Balaban J connectivity index is 1.83. The summed E-state index contributed by atoms with van der Waals surface area (Å²) >= 11 is 0. The van der Waals surface area contributed by atoms with E-state index in [1.54, 1.807) is 0 Å². The van der Waals surface area contributed by atoms with Crippen LogP contribution in [-0.4, -0.2) is 12.6 Å². The van der Waals surface area contributed by atoms with Gasteiger partial charge in [0.15, 0.2) is 0 Å². The van der Waals surface area contributed by atoms with E-state index in [1.165, 1.54) is 42.5 Å². The Morgan fingerprint density at radius 2 is 2.13 bits per heavy atom. The number of fused-ring (bicyclic) bond motifs is 1. The van der Waals surface area contributed by atoms with Gasteiger partial charge < -0.3 is 11.1 Å². The minimum atomic E-state index is 0.606. The Morgan fingerprint density at radius 1 is 1.27 bits per heavy atom. The van der Waals surface area contributed by atoms with Gasteiger partial charge in [0.25, 0.3) is 0 Å². The maximum atomic E-state index is 5.76. The van der Waals surface area contributed by atoms with Crippen molar-refractivity contribution in [1.29, 1.82) is 0 Å². The lowest BCUT2D eigenvalue weighted by molar-refractivity contribution is 0.688. The molecule has 0 amide bonds. The number of nitrogens with two attached hydrogens (primary N) is 1. The van der Waals surface area contributed by atoms with Crippen LogP contribution < -0.4 is 11.1 Å². The number of anilines is 1. The first-order valence-electron chi connectivity index (χ1n) is 5.96. The first kappa shape index (κ1) is 9.22. The van der Waals surface area contributed by atoms with Crippen molar-refractivity contribution in [2.75, 3.05) is 11.9 Å². The molecule has 3 rings (SSSR count). The van der Waals surface area contributed by atoms with E-state index in [-0.39, 0.29) is 0 Å². The van der Waals surface area contributed by atoms with Gasteiger partial charge in [0.05, 0.1) is 0 Å². The lowest BCUT2D eigenvalue weighted by Crippen LogP contribution is -2.09. The Bertz CT molecular complexity index is 369. The second-order valence-corrected chi connectivity index (χ2v) is 4.80. The molecule has 1 saturated carbocycles. The molecular weight excluding hydrogens is 184 g/mol. The van der Waals surface area contributed by atoms with Gasteiger partial charge in [-0.25, -0.2) is 0 Å². The summed E-state index contributed by atoms with van der Waals surface area (Å²) in [5, 5.41) is 3.55. The van der Waals surface area contributed by atoms with Gasteiger partial charge in [-0.15, -0.1) is 0 Å². The lowest BCUT2D eigenvalue weighted by Gasteiger charge is -2.10. The Labute approximate surface area is 90.9 Å². The van der Waals surface area contributed by atoms with Crippen LogP contribution in [0.2, 0.25) is 0 Å². The molecule has 0 bridgehead atoms. The van der Waals surface area contributed by atoms with Crippen LogP contribution in [0.15, 0.2) is 18.2 Å². The van der Waals surface area contributed by atoms with Crippen molar-refractivity contribution in [3.8, 4) is 0 Å². The van der Waals surface area contributed by atoms with Gasteiger partial charge >= 0.3 is 0 Å². The summed E-state index contributed by atoms with van der Waals surface area (Å²) < 4.78 is 0. The molecule has 1 aromatic rings. The summed E-state index contributed by atoms with van der Waals surface area (Å²) in [6.45, 7) is 0.794. The van der Waals surface area contributed by atoms with Crippen LogP contribution in [0.1, 0.15) is 36.3 Å². The van der Waals surface area contributed by atoms with Crippen molar-refractivity contribution in [1.82, 2.24) is 0 Å². The highest BCUT2D eigenvalue weighted by Gasteiger charge is 2.23. The van der Waals surface area contributed by atoms with Gasteiger partial charge in [-0.2, -0.15) is 0 Å². The zero-order valence-electron chi connectivity index (χ0n) is 9.00. The molecule has 3 N–H and O–H groups in total. The van der Waals surface area contributed by atoms with E-state index in [0.29, 0.717) is 5.92 Å². The second-order valence-electron chi connectivity index (χ2n) is 4.80. The van der Waals surface area contributed by atoms with E-state index in [9.17, 15) is 0 Å². The highest BCUT2D eigenvalue weighted by molar-refractivity contribution is 5.52. The maximum Gasteiger partial charge on any atom is 0.0345 e. The lowest BCUT2D eigenvalue weighted by atomic mass is 10.0. The molecule has 2 aliphatic carbocycles. The predicted molar refractivity (Wildman–Crippen MR) is 63.2 cm³/mol. The molecule has 2 aliphatic rings. The van der Waals surface area contributed by atoms with Gasteiger partial charge in [0.1, 0.15) is 0 Å². The molecule has 80 valence electrons. The fraction of sp³-hybridized carbons (Fsp3) is 0.538. The van der Waals surface area contributed by atoms with Crippen molar-refractivity contribution in [2.45, 2.75) is 37.6 Å². The molecule has 2 nitrogen and oxygen atoms in total. The third-order valence-corrected chi connectivity index (χ3v) is 3.58. The van der Waals surface area contributed by atoms with Gasteiger partial charge in [-0.1, -0.05) is 6.07 Å². The molecule has 1 aromatic carbocycles. The highest BCUT2D eigenvalue weighted by Crippen LogP contribution is 2.35. The number of hydrogen-bond acceptors (Lipinski definition) is 2. The molecule has 0 aliphatic heterocycles. The van der Waals surface area contributed by atoms with E-state index in [2.05, 4.69) is 23.5 Å². The molecule has 2 heteroatoms. The number of aryl methyl sites for hydroxylation is 1. The van der Waals surface area contributed by atoms with Gasteiger partial charge in [-0.3, -0.25) is 0 Å². The normalized spacial score (nSPS) is 23.9.